The molecule has 4 atom stereocenters. The third-order valence-corrected chi connectivity index (χ3v) is 10.3. The molecule has 0 spiro atoms. The molecule has 0 bridgehead atoms. The summed E-state index contributed by atoms with van der Waals surface area (Å²) in [4.78, 5) is 29.6. The number of carbonyl (C=O) groups is 2. The second-order valence-electron chi connectivity index (χ2n) is 8.69. The molecule has 0 unspecified atom stereocenters. The predicted molar refractivity (Wildman–Crippen MR) is 102 cm³/mol. The predicted octanol–water partition coefficient (Wildman–Crippen LogP) is 2.02. The van der Waals surface area contributed by atoms with E-state index in [9.17, 15) is 19.8 Å². The van der Waals surface area contributed by atoms with Gasteiger partial charge in [0, 0.05) is 12.1 Å². The summed E-state index contributed by atoms with van der Waals surface area (Å²) in [5, 5.41) is 22.0. The molecule has 3 N–H and O–H groups in total. The topological polar surface area (TPSA) is 110 Å². The van der Waals surface area contributed by atoms with Crippen LogP contribution in [0.4, 0.5) is 0 Å². The molecule has 1 fully saturated rings. The van der Waals surface area contributed by atoms with E-state index in [-0.39, 0.29) is 17.0 Å². The highest BCUT2D eigenvalue weighted by Gasteiger charge is 2.51. The quantitative estimate of drug-likeness (QED) is 0.499. The highest BCUT2D eigenvalue weighted by atomic mass is 28.4. The maximum absolute atomic E-state index is 12.4. The minimum absolute atomic E-state index is 0.00496. The fraction of sp³-hybridized carbons (Fsp3) is 0.667. The van der Waals surface area contributed by atoms with E-state index in [4.69, 9.17) is 9.26 Å². The Morgan fingerprint density at radius 3 is 2.19 bits per heavy atom. The molecular weight excluding hydrogens is 368 g/mol. The fourth-order valence-electron chi connectivity index (χ4n) is 2.89. The van der Waals surface area contributed by atoms with Gasteiger partial charge in [-0.05, 0) is 32.0 Å². The lowest BCUT2D eigenvalue weighted by Gasteiger charge is -2.46. The Morgan fingerprint density at radius 1 is 1.22 bits per heavy atom. The van der Waals surface area contributed by atoms with Gasteiger partial charge in [0.25, 0.3) is 0 Å². The number of aromatic nitrogens is 1. The van der Waals surface area contributed by atoms with Gasteiger partial charge < -0.3 is 24.8 Å². The van der Waals surface area contributed by atoms with Gasteiger partial charge in [0.2, 0.25) is 17.7 Å². The molecule has 1 saturated heterocycles. The minimum atomic E-state index is -2.07. The number of rotatable bonds is 6. The summed E-state index contributed by atoms with van der Waals surface area (Å²) < 4.78 is 6.96. The van der Waals surface area contributed by atoms with Crippen molar-refractivity contribution in [2.75, 3.05) is 0 Å². The molecule has 152 valence electrons. The van der Waals surface area contributed by atoms with Crippen LogP contribution in [0.15, 0.2) is 12.1 Å². The molecule has 2 heterocycles. The first-order chi connectivity index (χ1) is 12.3. The highest BCUT2D eigenvalue weighted by Crippen LogP contribution is 2.39. The van der Waals surface area contributed by atoms with Gasteiger partial charge in [-0.15, -0.1) is 4.73 Å². The molecule has 27 heavy (non-hydrogen) atoms. The lowest BCUT2D eigenvalue weighted by atomic mass is 9.79. The monoisotopic (exact) mass is 398 g/mol. The largest absolute Gasteiger partial charge is 0.492 e. The van der Waals surface area contributed by atoms with Gasteiger partial charge in [-0.1, -0.05) is 20.8 Å². The molecule has 2 rings (SSSR count). The molecule has 1 aromatic rings. The SMILES string of the molecule is C[C@@H](O[Si](C)(C)C(C)(C)C)[C@H]1C(=O)N[C@@H]1[C@@H](C)C(=O)On1c(O)ccc1O. The van der Waals surface area contributed by atoms with Crippen LogP contribution >= 0.6 is 0 Å². The van der Waals surface area contributed by atoms with Gasteiger partial charge in [-0.3, -0.25) is 4.79 Å². The summed E-state index contributed by atoms with van der Waals surface area (Å²) in [7, 11) is -2.07. The number of hydrogen-bond acceptors (Lipinski definition) is 6. The van der Waals surface area contributed by atoms with Gasteiger partial charge >= 0.3 is 5.97 Å². The molecule has 0 aliphatic carbocycles. The van der Waals surface area contributed by atoms with Crippen LogP contribution in [0.1, 0.15) is 34.6 Å². The number of nitrogens with zero attached hydrogens (tertiary/aromatic N) is 1. The zero-order chi connectivity index (χ0) is 20.7. The van der Waals surface area contributed by atoms with Crippen LogP contribution in [-0.2, 0) is 14.0 Å². The van der Waals surface area contributed by atoms with Crippen molar-refractivity contribution in [3.63, 3.8) is 0 Å². The van der Waals surface area contributed by atoms with E-state index in [1.807, 2.05) is 6.92 Å². The average Bonchev–Trinajstić information content (AvgIpc) is 2.81. The van der Waals surface area contributed by atoms with E-state index in [1.165, 1.54) is 12.1 Å². The third kappa shape index (κ3) is 4.13. The Labute approximate surface area is 160 Å². The van der Waals surface area contributed by atoms with Crippen LogP contribution in [0.2, 0.25) is 18.1 Å². The van der Waals surface area contributed by atoms with Crippen molar-refractivity contribution in [2.45, 2.75) is 64.9 Å². The van der Waals surface area contributed by atoms with Crippen LogP contribution < -0.4 is 10.2 Å². The van der Waals surface area contributed by atoms with Gasteiger partial charge in [0.05, 0.1) is 24.0 Å². The molecule has 8 nitrogen and oxygen atoms in total. The molecule has 1 aliphatic heterocycles. The first-order valence-corrected chi connectivity index (χ1v) is 12.0. The van der Waals surface area contributed by atoms with Crippen LogP contribution in [0, 0.1) is 11.8 Å². The fourth-order valence-corrected chi connectivity index (χ4v) is 4.32. The second-order valence-corrected chi connectivity index (χ2v) is 13.4. The molecule has 0 aromatic carbocycles. The second kappa shape index (κ2) is 7.20. The Morgan fingerprint density at radius 2 is 1.74 bits per heavy atom. The van der Waals surface area contributed by atoms with Crippen molar-refractivity contribution < 1.29 is 29.1 Å². The Bertz CT molecular complexity index is 704. The van der Waals surface area contributed by atoms with E-state index < -0.39 is 43.9 Å². The normalized spacial score (nSPS) is 22.6. The van der Waals surface area contributed by atoms with Gasteiger partial charge in [0.1, 0.15) is 0 Å². The van der Waals surface area contributed by atoms with Crippen molar-refractivity contribution in [1.29, 1.82) is 0 Å². The Kier molecular flexibility index (Phi) is 5.68. The number of carbonyl (C=O) groups excluding carboxylic acids is 2. The standard InChI is InChI=1S/C18H30N2O6Si/c1-10(17(24)25-20-12(21)8-9-13(20)22)15-14(16(23)19-15)11(2)26-27(6,7)18(3,4)5/h8-11,14-15,21-22H,1-7H3,(H,19,23)/t10-,11-,14-,15-/m1/s1. The van der Waals surface area contributed by atoms with Crippen molar-refractivity contribution in [2.24, 2.45) is 11.8 Å². The highest BCUT2D eigenvalue weighted by molar-refractivity contribution is 6.74. The minimum Gasteiger partial charge on any atom is -0.492 e. The van der Waals surface area contributed by atoms with E-state index in [1.54, 1.807) is 6.92 Å². The maximum Gasteiger partial charge on any atom is 0.338 e. The van der Waals surface area contributed by atoms with Gasteiger partial charge in [0.15, 0.2) is 8.32 Å². The van der Waals surface area contributed by atoms with E-state index in [0.717, 1.165) is 0 Å². The van der Waals surface area contributed by atoms with Gasteiger partial charge in [-0.25, -0.2) is 4.79 Å². The molecule has 0 saturated carbocycles. The summed E-state index contributed by atoms with van der Waals surface area (Å²) in [6.45, 7) is 14.1. The van der Waals surface area contributed by atoms with Crippen LogP contribution in [0.25, 0.3) is 0 Å². The number of aromatic hydroxyl groups is 2. The average molecular weight is 399 g/mol. The molecule has 0 radical (unpaired) electrons. The number of hydrogen-bond donors (Lipinski definition) is 3. The summed E-state index contributed by atoms with van der Waals surface area (Å²) in [5.41, 5.74) is 0. The molecule has 1 amide bonds. The van der Waals surface area contributed by atoms with Crippen LogP contribution in [0.5, 0.6) is 11.8 Å². The van der Waals surface area contributed by atoms with E-state index in [2.05, 4.69) is 39.2 Å². The maximum atomic E-state index is 12.4. The van der Waals surface area contributed by atoms with Crippen molar-refractivity contribution >= 4 is 20.2 Å². The zero-order valence-electron chi connectivity index (χ0n) is 16.9. The lowest BCUT2D eigenvalue weighted by Crippen LogP contribution is -2.67. The van der Waals surface area contributed by atoms with E-state index >= 15 is 0 Å². The van der Waals surface area contributed by atoms with E-state index in [0.29, 0.717) is 4.73 Å². The smallest absolute Gasteiger partial charge is 0.338 e. The Balaban J connectivity index is 2.07. The number of β-lactam (4-membered cyclic amide) rings is 1. The first kappa shape index (κ1) is 21.3. The summed E-state index contributed by atoms with van der Waals surface area (Å²) in [6.07, 6.45) is -0.340. The summed E-state index contributed by atoms with van der Waals surface area (Å²) in [6, 6.07) is 1.97. The van der Waals surface area contributed by atoms with Crippen LogP contribution in [0.3, 0.4) is 0 Å². The van der Waals surface area contributed by atoms with Gasteiger partial charge in [-0.2, -0.15) is 0 Å². The third-order valence-electron chi connectivity index (χ3n) is 5.68. The lowest BCUT2D eigenvalue weighted by molar-refractivity contribution is -0.157. The van der Waals surface area contributed by atoms with Crippen LogP contribution in [-0.4, -0.2) is 47.3 Å². The first-order valence-electron chi connectivity index (χ1n) is 9.06. The summed E-state index contributed by atoms with van der Waals surface area (Å²) in [5.74, 6) is -2.76. The van der Waals surface area contributed by atoms with Crippen molar-refractivity contribution in [3.8, 4) is 11.8 Å². The zero-order valence-corrected chi connectivity index (χ0v) is 17.9. The number of nitrogens with one attached hydrogen (secondary N) is 1. The molecular formula is C18H30N2O6Si. The molecule has 1 aliphatic rings. The Hall–Kier alpha value is -2.00. The van der Waals surface area contributed by atoms with Crippen molar-refractivity contribution in [1.82, 2.24) is 10.0 Å². The molecule has 1 aromatic heterocycles. The van der Waals surface area contributed by atoms with Crippen molar-refractivity contribution in [3.05, 3.63) is 12.1 Å². The number of amides is 1. The summed E-state index contributed by atoms with van der Waals surface area (Å²) >= 11 is 0. The molecule has 9 heteroatoms.